The fourth-order valence-electron chi connectivity index (χ4n) is 2.57. The molecule has 1 unspecified atom stereocenters. The van der Waals surface area contributed by atoms with Crippen LogP contribution in [0.3, 0.4) is 0 Å². The number of benzene rings is 2. The molecule has 128 valence electrons. The Morgan fingerprint density at radius 3 is 2.38 bits per heavy atom. The average molecular weight is 353 g/mol. The molecule has 3 atom stereocenters. The zero-order valence-corrected chi connectivity index (χ0v) is 13.3. The maximum absolute atomic E-state index is 14.1. The van der Waals surface area contributed by atoms with Crippen molar-refractivity contribution in [3.05, 3.63) is 71.5 Å². The Hall–Kier alpha value is -1.84. The van der Waals surface area contributed by atoms with Gasteiger partial charge in [0, 0.05) is 17.7 Å². The van der Waals surface area contributed by atoms with Gasteiger partial charge in [0.25, 0.3) is 0 Å². The normalized spacial score (nSPS) is 24.2. The largest absolute Gasteiger partial charge is 0.341 e. The molecule has 0 bridgehead atoms. The minimum atomic E-state index is -4.39. The van der Waals surface area contributed by atoms with Gasteiger partial charge < -0.3 is 9.47 Å². The van der Waals surface area contributed by atoms with E-state index in [2.05, 4.69) is 0 Å². The van der Waals surface area contributed by atoms with Crippen molar-refractivity contribution in [1.82, 2.24) is 4.72 Å². The first-order valence-electron chi connectivity index (χ1n) is 7.26. The van der Waals surface area contributed by atoms with Gasteiger partial charge in [0.1, 0.15) is 18.0 Å². The molecule has 1 aliphatic rings. The molecule has 0 aliphatic carbocycles. The first-order valence-corrected chi connectivity index (χ1v) is 8.70. The molecule has 8 heteroatoms. The second-order valence-electron chi connectivity index (χ2n) is 5.32. The van der Waals surface area contributed by atoms with E-state index in [1.165, 1.54) is 6.07 Å². The van der Waals surface area contributed by atoms with Crippen molar-refractivity contribution in [1.29, 1.82) is 0 Å². The number of hydrogen-bond acceptors (Lipinski definition) is 4. The van der Waals surface area contributed by atoms with Crippen molar-refractivity contribution < 1.29 is 26.8 Å². The third-order valence-electron chi connectivity index (χ3n) is 3.66. The van der Waals surface area contributed by atoms with E-state index in [0.717, 1.165) is 5.56 Å². The Morgan fingerprint density at radius 2 is 1.71 bits per heavy atom. The fourth-order valence-corrected chi connectivity index (χ4v) is 2.95. The third kappa shape index (κ3) is 3.97. The lowest BCUT2D eigenvalue weighted by molar-refractivity contribution is -0.0690. The third-order valence-corrected chi connectivity index (χ3v) is 4.19. The summed E-state index contributed by atoms with van der Waals surface area (Å²) < 4.78 is 58.3. The van der Waals surface area contributed by atoms with E-state index in [0.29, 0.717) is 0 Å². The molecule has 0 spiro atoms. The van der Waals surface area contributed by atoms with Crippen LogP contribution in [-0.4, -0.2) is 25.6 Å². The lowest BCUT2D eigenvalue weighted by atomic mass is 10.0. The predicted molar refractivity (Wildman–Crippen MR) is 83.8 cm³/mol. The van der Waals surface area contributed by atoms with Crippen molar-refractivity contribution in [2.75, 3.05) is 6.54 Å². The summed E-state index contributed by atoms with van der Waals surface area (Å²) in [5.41, 5.74) is 0.992. The number of ether oxygens (including phenoxy) is 2. The summed E-state index contributed by atoms with van der Waals surface area (Å²) in [5.74, 6) is -0.475. The van der Waals surface area contributed by atoms with Crippen LogP contribution in [0.2, 0.25) is 0 Å². The summed E-state index contributed by atoms with van der Waals surface area (Å²) in [5, 5.41) is 0. The molecule has 0 radical (unpaired) electrons. The zero-order chi connectivity index (χ0) is 17.2. The fraction of sp³-hybridized carbons (Fsp3) is 0.250. The smallest absolute Gasteiger partial charge is 0.333 e. The van der Waals surface area contributed by atoms with E-state index in [9.17, 15) is 12.8 Å². The highest BCUT2D eigenvalue weighted by Gasteiger charge is 2.39. The lowest BCUT2D eigenvalue weighted by Crippen LogP contribution is -2.34. The van der Waals surface area contributed by atoms with Gasteiger partial charge in [-0.1, -0.05) is 48.5 Å². The van der Waals surface area contributed by atoms with E-state index in [1.54, 1.807) is 30.3 Å². The second kappa shape index (κ2) is 6.96. The molecule has 1 saturated heterocycles. The van der Waals surface area contributed by atoms with Gasteiger partial charge >= 0.3 is 10.3 Å². The maximum Gasteiger partial charge on any atom is 0.333 e. The average Bonchev–Trinajstić information content (AvgIpc) is 2.98. The molecular formula is C16H16FNO5S. The van der Waals surface area contributed by atoms with E-state index in [-0.39, 0.29) is 12.1 Å². The maximum atomic E-state index is 14.1. The number of halogens is 1. The van der Waals surface area contributed by atoms with Gasteiger partial charge in [-0.25, -0.2) is 4.39 Å². The molecule has 2 aromatic carbocycles. The van der Waals surface area contributed by atoms with Gasteiger partial charge in [-0.2, -0.15) is 13.1 Å². The van der Waals surface area contributed by atoms with E-state index >= 15 is 0 Å². The van der Waals surface area contributed by atoms with Crippen molar-refractivity contribution in [2.45, 2.75) is 18.5 Å². The number of hydrogen-bond donors (Lipinski definition) is 2. The summed E-state index contributed by atoms with van der Waals surface area (Å²) in [7, 11) is -4.39. The van der Waals surface area contributed by atoms with Crippen LogP contribution in [-0.2, 0) is 19.8 Å². The standard InChI is InChI=1S/C16H16FNO5S/c17-13-9-5-4-8-12(13)15-14(10-18-24(19,20)21)22-16(23-15)11-6-2-1-3-7-11/h1-9,14-16,18H,10H2,(H,19,20,21)/t14-,15-,16?/m1/s1. The van der Waals surface area contributed by atoms with Crippen molar-refractivity contribution >= 4 is 10.3 Å². The summed E-state index contributed by atoms with van der Waals surface area (Å²) in [6.45, 7) is -0.249. The van der Waals surface area contributed by atoms with E-state index in [4.69, 9.17) is 14.0 Å². The van der Waals surface area contributed by atoms with Crippen molar-refractivity contribution in [3.8, 4) is 0 Å². The van der Waals surface area contributed by atoms with E-state index < -0.39 is 34.6 Å². The van der Waals surface area contributed by atoms with Crippen LogP contribution in [0.25, 0.3) is 0 Å². The molecule has 0 amide bonds. The highest BCUT2D eigenvalue weighted by molar-refractivity contribution is 7.83. The monoisotopic (exact) mass is 353 g/mol. The van der Waals surface area contributed by atoms with Crippen LogP contribution in [0.4, 0.5) is 4.39 Å². The van der Waals surface area contributed by atoms with Gasteiger partial charge in [0.05, 0.1) is 0 Å². The lowest BCUT2D eigenvalue weighted by Gasteiger charge is -2.17. The summed E-state index contributed by atoms with van der Waals surface area (Å²) in [6, 6.07) is 15.1. The summed E-state index contributed by atoms with van der Waals surface area (Å²) in [6.07, 6.45) is -2.37. The Kier molecular flexibility index (Phi) is 4.93. The highest BCUT2D eigenvalue weighted by Crippen LogP contribution is 2.40. The first kappa shape index (κ1) is 17.0. The molecular weight excluding hydrogens is 337 g/mol. The Bertz CT molecular complexity index is 799. The van der Waals surface area contributed by atoms with Crippen LogP contribution < -0.4 is 4.72 Å². The second-order valence-corrected chi connectivity index (χ2v) is 6.56. The van der Waals surface area contributed by atoms with E-state index in [1.807, 2.05) is 22.9 Å². The molecule has 1 fully saturated rings. The molecule has 0 aromatic heterocycles. The molecule has 2 aromatic rings. The topological polar surface area (TPSA) is 84.9 Å². The number of nitrogens with one attached hydrogen (secondary N) is 1. The molecule has 2 N–H and O–H groups in total. The quantitative estimate of drug-likeness (QED) is 0.806. The molecule has 3 rings (SSSR count). The van der Waals surface area contributed by atoms with Crippen LogP contribution in [0.1, 0.15) is 23.5 Å². The van der Waals surface area contributed by atoms with Crippen LogP contribution in [0.15, 0.2) is 54.6 Å². The Morgan fingerprint density at radius 1 is 1.04 bits per heavy atom. The zero-order valence-electron chi connectivity index (χ0n) is 12.5. The minimum Gasteiger partial charge on any atom is -0.341 e. The highest BCUT2D eigenvalue weighted by atomic mass is 32.2. The molecule has 0 saturated carbocycles. The predicted octanol–water partition coefficient (Wildman–Crippen LogP) is 2.37. The molecule has 1 aliphatic heterocycles. The van der Waals surface area contributed by atoms with Gasteiger partial charge in [-0.3, -0.25) is 4.55 Å². The van der Waals surface area contributed by atoms with Gasteiger partial charge in [0.2, 0.25) is 0 Å². The van der Waals surface area contributed by atoms with Crippen LogP contribution in [0, 0.1) is 5.82 Å². The van der Waals surface area contributed by atoms with Crippen LogP contribution in [0.5, 0.6) is 0 Å². The molecule has 1 heterocycles. The summed E-state index contributed by atoms with van der Waals surface area (Å²) >= 11 is 0. The van der Waals surface area contributed by atoms with Gasteiger partial charge in [-0.05, 0) is 6.07 Å². The van der Waals surface area contributed by atoms with Gasteiger partial charge in [-0.15, -0.1) is 0 Å². The Balaban J connectivity index is 1.86. The number of rotatable bonds is 5. The molecule has 24 heavy (non-hydrogen) atoms. The molecule has 6 nitrogen and oxygen atoms in total. The first-order chi connectivity index (χ1) is 11.4. The van der Waals surface area contributed by atoms with Crippen LogP contribution >= 0.6 is 0 Å². The SMILES string of the molecule is O=S(=O)(O)NC[C@H]1OC(c2ccccc2)O[C@@H]1c1ccccc1F. The van der Waals surface area contributed by atoms with Gasteiger partial charge in [0.15, 0.2) is 6.29 Å². The van der Waals surface area contributed by atoms with Crippen molar-refractivity contribution in [3.63, 3.8) is 0 Å². The summed E-state index contributed by atoms with van der Waals surface area (Å²) in [4.78, 5) is 0. The Labute approximate surface area is 139 Å². The van der Waals surface area contributed by atoms with Crippen molar-refractivity contribution in [2.24, 2.45) is 0 Å². The minimum absolute atomic E-state index is 0.249.